The summed E-state index contributed by atoms with van der Waals surface area (Å²) in [6.07, 6.45) is 0.144. The van der Waals surface area contributed by atoms with Gasteiger partial charge in [-0.2, -0.15) is 0 Å². The minimum Gasteiger partial charge on any atom is -0.484 e. The maximum Gasteiger partial charge on any atom is 0.307 e. The van der Waals surface area contributed by atoms with Gasteiger partial charge in [-0.3, -0.25) is 9.59 Å². The first kappa shape index (κ1) is 16.6. The average Bonchev–Trinajstić information content (AvgIpc) is 2.45. The topological polar surface area (TPSA) is 55.8 Å². The Hall–Kier alpha value is -1.46. The Bertz CT molecular complexity index is 493. The highest BCUT2D eigenvalue weighted by Gasteiger charge is 2.12. The van der Waals surface area contributed by atoms with Crippen molar-refractivity contribution >= 4 is 35.1 Å². The molecule has 5 nitrogen and oxygen atoms in total. The zero-order chi connectivity index (χ0) is 15.1. The molecule has 0 aliphatic rings. The molecule has 0 saturated heterocycles. The second-order valence-electron chi connectivity index (χ2n) is 4.01. The predicted octanol–water partition coefficient (Wildman–Crippen LogP) is 2.39. The highest BCUT2D eigenvalue weighted by molar-refractivity contribution is 6.42. The van der Waals surface area contributed by atoms with Crippen LogP contribution in [0.4, 0.5) is 0 Å². The molecule has 1 rings (SSSR count). The molecule has 7 heteroatoms. The molecule has 110 valence electrons. The van der Waals surface area contributed by atoms with Crippen LogP contribution in [0.15, 0.2) is 18.2 Å². The van der Waals surface area contributed by atoms with E-state index in [1.807, 2.05) is 0 Å². The van der Waals surface area contributed by atoms with Crippen molar-refractivity contribution in [1.82, 2.24) is 4.90 Å². The average molecular weight is 320 g/mol. The number of benzene rings is 1. The largest absolute Gasteiger partial charge is 0.484 e. The van der Waals surface area contributed by atoms with Gasteiger partial charge < -0.3 is 14.4 Å². The molecular formula is C13H15Cl2NO4. The van der Waals surface area contributed by atoms with E-state index in [0.29, 0.717) is 15.8 Å². The first-order valence-electron chi connectivity index (χ1n) is 5.82. The number of ether oxygens (including phenoxy) is 2. The molecule has 0 aromatic heterocycles. The van der Waals surface area contributed by atoms with E-state index in [-0.39, 0.29) is 31.4 Å². The number of carbonyl (C=O) groups excluding carboxylic acids is 2. The Kier molecular flexibility index (Phi) is 6.61. The Morgan fingerprint density at radius 3 is 2.55 bits per heavy atom. The van der Waals surface area contributed by atoms with E-state index in [4.69, 9.17) is 27.9 Å². The summed E-state index contributed by atoms with van der Waals surface area (Å²) in [6.45, 7) is 0.131. The maximum atomic E-state index is 11.8. The van der Waals surface area contributed by atoms with Crippen LogP contribution in [0.3, 0.4) is 0 Å². The number of likely N-dealkylation sites (N-methyl/N-ethyl adjacent to an activating group) is 1. The van der Waals surface area contributed by atoms with Gasteiger partial charge in [-0.25, -0.2) is 0 Å². The molecule has 0 aliphatic heterocycles. The van der Waals surface area contributed by atoms with Gasteiger partial charge in [0.25, 0.3) is 5.91 Å². The van der Waals surface area contributed by atoms with Gasteiger partial charge in [-0.15, -0.1) is 0 Å². The van der Waals surface area contributed by atoms with Crippen LogP contribution in [0, 0.1) is 0 Å². The third kappa shape index (κ3) is 5.27. The minimum atomic E-state index is -0.366. The van der Waals surface area contributed by atoms with Crippen LogP contribution in [0.2, 0.25) is 10.0 Å². The third-order valence-electron chi connectivity index (χ3n) is 2.56. The number of nitrogens with zero attached hydrogens (tertiary/aromatic N) is 1. The van der Waals surface area contributed by atoms with Gasteiger partial charge in [0, 0.05) is 19.7 Å². The fourth-order valence-electron chi connectivity index (χ4n) is 1.31. The second-order valence-corrected chi connectivity index (χ2v) is 4.82. The molecule has 0 aliphatic carbocycles. The number of carbonyl (C=O) groups is 2. The predicted molar refractivity (Wildman–Crippen MR) is 76.2 cm³/mol. The highest BCUT2D eigenvalue weighted by atomic mass is 35.5. The number of amides is 1. The van der Waals surface area contributed by atoms with Crippen LogP contribution in [-0.4, -0.2) is 44.1 Å². The maximum absolute atomic E-state index is 11.8. The van der Waals surface area contributed by atoms with Gasteiger partial charge in [0.2, 0.25) is 0 Å². The number of halogens is 2. The van der Waals surface area contributed by atoms with Gasteiger partial charge in [0.1, 0.15) is 5.75 Å². The lowest BCUT2D eigenvalue weighted by Gasteiger charge is -2.16. The summed E-state index contributed by atoms with van der Waals surface area (Å²) in [5.41, 5.74) is 0. The van der Waals surface area contributed by atoms with Crippen molar-refractivity contribution in [1.29, 1.82) is 0 Å². The summed E-state index contributed by atoms with van der Waals surface area (Å²) < 4.78 is 9.81. The van der Waals surface area contributed by atoms with E-state index in [2.05, 4.69) is 4.74 Å². The number of methoxy groups -OCH3 is 1. The molecule has 0 heterocycles. The Labute approximate surface area is 127 Å². The molecular weight excluding hydrogens is 305 g/mol. The van der Waals surface area contributed by atoms with E-state index < -0.39 is 0 Å². The SMILES string of the molecule is COC(=O)CCN(C)C(=O)COc1ccc(Cl)c(Cl)c1. The monoisotopic (exact) mass is 319 g/mol. The number of rotatable bonds is 6. The van der Waals surface area contributed by atoms with Gasteiger partial charge in [0.05, 0.1) is 23.6 Å². The smallest absolute Gasteiger partial charge is 0.307 e. The zero-order valence-electron chi connectivity index (χ0n) is 11.2. The Balaban J connectivity index is 2.42. The van der Waals surface area contributed by atoms with Gasteiger partial charge in [-0.1, -0.05) is 23.2 Å². The summed E-state index contributed by atoms with van der Waals surface area (Å²) in [6, 6.07) is 4.74. The third-order valence-corrected chi connectivity index (χ3v) is 3.30. The molecule has 0 fully saturated rings. The van der Waals surface area contributed by atoms with Crippen molar-refractivity contribution in [3.8, 4) is 5.75 Å². The molecule has 0 bridgehead atoms. The molecule has 1 amide bonds. The zero-order valence-corrected chi connectivity index (χ0v) is 12.7. The standard InChI is InChI=1S/C13H15Cl2NO4/c1-16(6-5-13(18)19-2)12(17)8-20-9-3-4-10(14)11(15)7-9/h3-4,7H,5-6,8H2,1-2H3. The van der Waals surface area contributed by atoms with Crippen LogP contribution < -0.4 is 4.74 Å². The fraction of sp³-hybridized carbons (Fsp3) is 0.385. The molecule has 0 saturated carbocycles. The molecule has 0 N–H and O–H groups in total. The van der Waals surface area contributed by atoms with Crippen molar-refractivity contribution in [2.75, 3.05) is 27.3 Å². The van der Waals surface area contributed by atoms with Crippen LogP contribution in [0.1, 0.15) is 6.42 Å². The summed E-state index contributed by atoms with van der Waals surface area (Å²) in [5.74, 6) is -0.163. The second kappa shape index (κ2) is 7.97. The minimum absolute atomic E-state index is 0.143. The number of esters is 1. The molecule has 1 aromatic rings. The highest BCUT2D eigenvalue weighted by Crippen LogP contribution is 2.26. The molecule has 0 atom stereocenters. The van der Waals surface area contributed by atoms with E-state index in [1.54, 1.807) is 19.2 Å². The number of hydrogen-bond acceptors (Lipinski definition) is 4. The lowest BCUT2D eigenvalue weighted by molar-refractivity contribution is -0.141. The summed E-state index contributed by atoms with van der Waals surface area (Å²) in [4.78, 5) is 24.1. The van der Waals surface area contributed by atoms with Gasteiger partial charge in [-0.05, 0) is 12.1 Å². The van der Waals surface area contributed by atoms with Crippen molar-refractivity contribution in [2.45, 2.75) is 6.42 Å². The van der Waals surface area contributed by atoms with Crippen molar-refractivity contribution < 1.29 is 19.1 Å². The molecule has 0 radical (unpaired) electrons. The van der Waals surface area contributed by atoms with Crippen molar-refractivity contribution in [2.24, 2.45) is 0 Å². The van der Waals surface area contributed by atoms with Gasteiger partial charge >= 0.3 is 5.97 Å². The number of hydrogen-bond donors (Lipinski definition) is 0. The molecule has 0 unspecified atom stereocenters. The lowest BCUT2D eigenvalue weighted by Crippen LogP contribution is -2.33. The van der Waals surface area contributed by atoms with Crippen LogP contribution in [0.25, 0.3) is 0 Å². The first-order valence-corrected chi connectivity index (χ1v) is 6.58. The first-order chi connectivity index (χ1) is 9.43. The van der Waals surface area contributed by atoms with Gasteiger partial charge in [0.15, 0.2) is 6.61 Å². The quantitative estimate of drug-likeness (QED) is 0.755. The summed E-state index contributed by atoms with van der Waals surface area (Å²) in [5, 5.41) is 0.774. The fourth-order valence-corrected chi connectivity index (χ4v) is 1.60. The molecule has 20 heavy (non-hydrogen) atoms. The van der Waals surface area contributed by atoms with E-state index in [0.717, 1.165) is 0 Å². The van der Waals surface area contributed by atoms with Crippen LogP contribution in [-0.2, 0) is 14.3 Å². The van der Waals surface area contributed by atoms with Crippen molar-refractivity contribution in [3.63, 3.8) is 0 Å². The molecule has 0 spiro atoms. The van der Waals surface area contributed by atoms with E-state index in [9.17, 15) is 9.59 Å². The van der Waals surface area contributed by atoms with E-state index in [1.165, 1.54) is 18.1 Å². The van der Waals surface area contributed by atoms with Crippen molar-refractivity contribution in [3.05, 3.63) is 28.2 Å². The van der Waals surface area contributed by atoms with Crippen LogP contribution >= 0.6 is 23.2 Å². The summed E-state index contributed by atoms with van der Waals surface area (Å²) in [7, 11) is 2.89. The summed E-state index contributed by atoms with van der Waals surface area (Å²) >= 11 is 11.6. The van der Waals surface area contributed by atoms with Crippen LogP contribution in [0.5, 0.6) is 5.75 Å². The Morgan fingerprint density at radius 1 is 1.25 bits per heavy atom. The Morgan fingerprint density at radius 2 is 1.95 bits per heavy atom. The molecule has 1 aromatic carbocycles. The van der Waals surface area contributed by atoms with E-state index >= 15 is 0 Å². The lowest BCUT2D eigenvalue weighted by atomic mass is 10.3. The normalized spacial score (nSPS) is 10.0.